The number of nitrogens with one attached hydrogen (secondary N) is 1. The summed E-state index contributed by atoms with van der Waals surface area (Å²) in [7, 11) is 0. The minimum Gasteiger partial charge on any atom is -0.481 e. The van der Waals surface area contributed by atoms with Crippen LogP contribution in [-0.4, -0.2) is 43.2 Å². The molecule has 1 unspecified atom stereocenters. The predicted octanol–water partition coefficient (Wildman–Crippen LogP) is 6.16. The van der Waals surface area contributed by atoms with Crippen molar-refractivity contribution < 1.29 is 29.6 Å². The Bertz CT molecular complexity index is 1420. The minimum absolute atomic E-state index is 0.0522. The van der Waals surface area contributed by atoms with Gasteiger partial charge in [0.05, 0.1) is 24.3 Å². The van der Waals surface area contributed by atoms with Crippen LogP contribution in [0.1, 0.15) is 56.5 Å². The summed E-state index contributed by atoms with van der Waals surface area (Å²) >= 11 is 0. The van der Waals surface area contributed by atoms with E-state index in [0.29, 0.717) is 12.1 Å². The zero-order chi connectivity index (χ0) is 29.5. The minimum atomic E-state index is -1.17. The first-order chi connectivity index (χ1) is 19.7. The molecule has 0 amide bonds. The molecule has 1 heterocycles. The summed E-state index contributed by atoms with van der Waals surface area (Å²) in [6.45, 7) is 4.38. The molecule has 0 bridgehead atoms. The summed E-state index contributed by atoms with van der Waals surface area (Å²) in [5.41, 5.74) is 5.43. The third-order valence-electron chi connectivity index (χ3n) is 7.06. The van der Waals surface area contributed by atoms with E-state index in [-0.39, 0.29) is 24.6 Å². The van der Waals surface area contributed by atoms with Crippen molar-refractivity contribution in [3.8, 4) is 22.4 Å². The average Bonchev–Trinajstić information content (AvgIpc) is 3.28. The number of aromatic nitrogens is 1. The number of hydrogen-bond acceptors (Lipinski definition) is 5. The molecule has 8 heteroatoms. The Kier molecular flexibility index (Phi) is 9.94. The van der Waals surface area contributed by atoms with Crippen LogP contribution in [0.5, 0.6) is 0 Å². The smallest absolute Gasteiger partial charge is 0.305 e. The van der Waals surface area contributed by atoms with Gasteiger partial charge in [-0.1, -0.05) is 62.4 Å². The van der Waals surface area contributed by atoms with Crippen LogP contribution in [0.2, 0.25) is 0 Å². The third-order valence-corrected chi connectivity index (χ3v) is 7.06. The van der Waals surface area contributed by atoms with Gasteiger partial charge >= 0.3 is 5.97 Å². The molecule has 4 rings (SSSR count). The fourth-order valence-electron chi connectivity index (χ4n) is 5.35. The number of benzene rings is 3. The molecule has 0 aliphatic heterocycles. The van der Waals surface area contributed by atoms with E-state index in [1.807, 2.05) is 74.5 Å². The van der Waals surface area contributed by atoms with Gasteiger partial charge in [-0.15, -0.1) is 0 Å². The number of halogens is 1. The van der Waals surface area contributed by atoms with Crippen molar-refractivity contribution in [1.82, 2.24) is 4.57 Å². The molecule has 0 saturated carbocycles. The van der Waals surface area contributed by atoms with E-state index < -0.39 is 30.8 Å². The van der Waals surface area contributed by atoms with Crippen LogP contribution < -0.4 is 5.32 Å². The Balaban J connectivity index is 1.88. The van der Waals surface area contributed by atoms with Crippen molar-refractivity contribution in [3.63, 3.8) is 0 Å². The fraction of sp³-hybridized carbons (Fsp3) is 0.303. The molecule has 3 aromatic carbocycles. The number of anilines is 1. The highest BCUT2D eigenvalue weighted by molar-refractivity contribution is 5.86. The molecule has 0 aliphatic carbocycles. The summed E-state index contributed by atoms with van der Waals surface area (Å²) in [5, 5.41) is 44.7. The normalized spacial score (nSPS) is 13.6. The van der Waals surface area contributed by atoms with E-state index >= 15 is 0 Å². The van der Waals surface area contributed by atoms with Gasteiger partial charge in [0, 0.05) is 29.1 Å². The van der Waals surface area contributed by atoms with Crippen LogP contribution in [0.25, 0.3) is 22.4 Å². The van der Waals surface area contributed by atoms with Gasteiger partial charge in [-0.25, -0.2) is 4.39 Å². The van der Waals surface area contributed by atoms with Crippen molar-refractivity contribution in [3.05, 3.63) is 102 Å². The van der Waals surface area contributed by atoms with Crippen molar-refractivity contribution in [2.45, 2.75) is 64.0 Å². The summed E-state index contributed by atoms with van der Waals surface area (Å²) in [5.74, 6) is -1.55. The van der Waals surface area contributed by atoms with Gasteiger partial charge in [0.25, 0.3) is 0 Å². The second-order valence-corrected chi connectivity index (χ2v) is 10.5. The van der Waals surface area contributed by atoms with Gasteiger partial charge in [-0.05, 0) is 66.3 Å². The first-order valence-corrected chi connectivity index (χ1v) is 13.8. The highest BCUT2D eigenvalue weighted by Crippen LogP contribution is 2.45. The molecular formula is C33H37FN2O5. The zero-order valence-corrected chi connectivity index (χ0v) is 23.2. The Morgan fingerprint density at radius 1 is 0.854 bits per heavy atom. The zero-order valence-electron chi connectivity index (χ0n) is 23.2. The van der Waals surface area contributed by atoms with Crippen molar-refractivity contribution in [2.24, 2.45) is 0 Å². The van der Waals surface area contributed by atoms with Gasteiger partial charge in [-0.3, -0.25) is 4.79 Å². The molecule has 0 aliphatic rings. The first kappa shape index (κ1) is 30.0. The lowest BCUT2D eigenvalue weighted by Crippen LogP contribution is -2.22. The standard InChI is InChI=1S/C33H37FN2O5/c1-21(2)31-30(33(41)35-25-11-7-4-8-12-25)29(22-9-5-3-6-10-22)32(23-13-15-24(34)16-14-23)36(31)18-17-26(37)19-27(38)20-28(39)40/h3-16,21,26-27,33,35,37-38,41H,17-20H2,1-2H3,(H,39,40)/t26-,27-,33?/m1/s1. The van der Waals surface area contributed by atoms with Crippen LogP contribution in [0.3, 0.4) is 0 Å². The third kappa shape index (κ3) is 7.41. The number of para-hydroxylation sites is 1. The van der Waals surface area contributed by atoms with Gasteiger partial charge in [-0.2, -0.15) is 0 Å². The molecule has 0 fully saturated rings. The van der Waals surface area contributed by atoms with Crippen LogP contribution in [0, 0.1) is 5.82 Å². The number of aliphatic hydroxyl groups is 3. The van der Waals surface area contributed by atoms with Gasteiger partial charge < -0.3 is 30.3 Å². The molecule has 41 heavy (non-hydrogen) atoms. The Hall–Kier alpha value is -3.98. The van der Waals surface area contributed by atoms with Crippen LogP contribution >= 0.6 is 0 Å². The lowest BCUT2D eigenvalue weighted by Gasteiger charge is -2.21. The second kappa shape index (κ2) is 13.6. The van der Waals surface area contributed by atoms with E-state index in [4.69, 9.17) is 5.11 Å². The number of carboxylic acids is 1. The number of nitrogens with zero attached hydrogens (tertiary/aromatic N) is 1. The van der Waals surface area contributed by atoms with Crippen molar-refractivity contribution >= 4 is 11.7 Å². The highest BCUT2D eigenvalue weighted by Gasteiger charge is 2.30. The van der Waals surface area contributed by atoms with Crippen LogP contribution in [0.4, 0.5) is 10.1 Å². The summed E-state index contributed by atoms with van der Waals surface area (Å²) in [4.78, 5) is 11.0. The monoisotopic (exact) mass is 560 g/mol. The largest absolute Gasteiger partial charge is 0.481 e. The van der Waals surface area contributed by atoms with E-state index in [0.717, 1.165) is 33.8 Å². The Morgan fingerprint density at radius 2 is 1.46 bits per heavy atom. The van der Waals surface area contributed by atoms with E-state index in [2.05, 4.69) is 9.88 Å². The Morgan fingerprint density at radius 3 is 2.05 bits per heavy atom. The maximum absolute atomic E-state index is 14.0. The number of aliphatic hydroxyl groups excluding tert-OH is 3. The maximum atomic E-state index is 14.0. The summed E-state index contributed by atoms with van der Waals surface area (Å²) in [6, 6.07) is 25.3. The van der Waals surface area contributed by atoms with E-state index in [9.17, 15) is 24.5 Å². The number of hydrogen-bond donors (Lipinski definition) is 5. The van der Waals surface area contributed by atoms with Crippen LogP contribution in [-0.2, 0) is 11.3 Å². The fourth-order valence-corrected chi connectivity index (χ4v) is 5.35. The molecule has 4 aromatic rings. The second-order valence-electron chi connectivity index (χ2n) is 10.5. The average molecular weight is 561 g/mol. The number of aliphatic carboxylic acids is 1. The van der Waals surface area contributed by atoms with Gasteiger partial charge in [0.2, 0.25) is 0 Å². The molecule has 7 nitrogen and oxygen atoms in total. The molecule has 3 atom stereocenters. The SMILES string of the molecule is CC(C)c1c(C(O)Nc2ccccc2)c(-c2ccccc2)c(-c2ccc(F)cc2)n1CC[C@@H](O)C[C@@H](O)CC(=O)O. The lowest BCUT2D eigenvalue weighted by molar-refractivity contribution is -0.139. The maximum Gasteiger partial charge on any atom is 0.305 e. The quantitative estimate of drug-likeness (QED) is 0.125. The molecular weight excluding hydrogens is 523 g/mol. The van der Waals surface area contributed by atoms with E-state index in [1.54, 1.807) is 12.1 Å². The number of carboxylic acid groups (broad SMARTS) is 1. The van der Waals surface area contributed by atoms with Gasteiger partial charge in [0.1, 0.15) is 5.82 Å². The summed E-state index contributed by atoms with van der Waals surface area (Å²) < 4.78 is 16.1. The van der Waals surface area contributed by atoms with E-state index in [1.165, 1.54) is 12.1 Å². The topological polar surface area (TPSA) is 115 Å². The number of carbonyl (C=O) groups is 1. The number of rotatable bonds is 13. The lowest BCUT2D eigenvalue weighted by atomic mass is 9.94. The predicted molar refractivity (Wildman–Crippen MR) is 158 cm³/mol. The molecule has 216 valence electrons. The Labute approximate surface area is 239 Å². The van der Waals surface area contributed by atoms with Crippen LogP contribution in [0.15, 0.2) is 84.9 Å². The van der Waals surface area contributed by atoms with Crippen molar-refractivity contribution in [1.29, 1.82) is 0 Å². The van der Waals surface area contributed by atoms with Crippen molar-refractivity contribution in [2.75, 3.05) is 5.32 Å². The highest BCUT2D eigenvalue weighted by atomic mass is 19.1. The molecule has 1 aromatic heterocycles. The molecule has 0 spiro atoms. The molecule has 0 radical (unpaired) electrons. The molecule has 5 N–H and O–H groups in total. The molecule has 0 saturated heterocycles. The van der Waals surface area contributed by atoms with Gasteiger partial charge in [0.15, 0.2) is 6.23 Å². The first-order valence-electron chi connectivity index (χ1n) is 13.8. The summed E-state index contributed by atoms with van der Waals surface area (Å²) in [6.07, 6.45) is -3.50.